The summed E-state index contributed by atoms with van der Waals surface area (Å²) in [5.74, 6) is -0.493. The van der Waals surface area contributed by atoms with Crippen LogP contribution in [0.25, 0.3) is 21.9 Å². The number of rotatable bonds is 6. The highest BCUT2D eigenvalue weighted by molar-refractivity contribution is 7.15. The third-order valence-electron chi connectivity index (χ3n) is 5.28. The van der Waals surface area contributed by atoms with E-state index in [-0.39, 0.29) is 23.7 Å². The highest BCUT2D eigenvalue weighted by Gasteiger charge is 2.20. The number of thiazole rings is 1. The standard InChI is InChI=1S/C23H24FN5O2S/c1-5-8-25-20(30)11-17-12-32-23-26-15(4)21(22(31)28(17)23)18-9-14(3)29(27-18)19-10-16(24)7-6-13(19)2/h6-7,9-10,12H,5,8,11H2,1-4H3,(H,25,30). The first-order chi connectivity index (χ1) is 15.3. The van der Waals surface area contributed by atoms with Gasteiger partial charge in [0.2, 0.25) is 5.91 Å². The molecule has 0 aliphatic heterocycles. The maximum absolute atomic E-state index is 13.9. The van der Waals surface area contributed by atoms with Gasteiger partial charge in [0.15, 0.2) is 4.96 Å². The van der Waals surface area contributed by atoms with Crippen LogP contribution in [0.1, 0.15) is 36.0 Å². The molecule has 7 nitrogen and oxygen atoms in total. The summed E-state index contributed by atoms with van der Waals surface area (Å²) >= 11 is 1.33. The average molecular weight is 454 g/mol. The fourth-order valence-electron chi connectivity index (χ4n) is 3.67. The maximum Gasteiger partial charge on any atom is 0.268 e. The molecular weight excluding hydrogens is 429 g/mol. The first kappa shape index (κ1) is 21.9. The molecule has 0 atom stereocenters. The van der Waals surface area contributed by atoms with Gasteiger partial charge in [0, 0.05) is 23.3 Å². The van der Waals surface area contributed by atoms with Gasteiger partial charge in [-0.3, -0.25) is 14.0 Å². The molecule has 0 aliphatic rings. The van der Waals surface area contributed by atoms with Crippen LogP contribution in [-0.4, -0.2) is 31.6 Å². The summed E-state index contributed by atoms with van der Waals surface area (Å²) in [5.41, 5.74) is 3.95. The van der Waals surface area contributed by atoms with Gasteiger partial charge in [0.05, 0.1) is 23.4 Å². The molecule has 0 bridgehead atoms. The number of amides is 1. The molecule has 166 valence electrons. The van der Waals surface area contributed by atoms with Crippen molar-refractivity contribution >= 4 is 22.2 Å². The lowest BCUT2D eigenvalue weighted by Crippen LogP contribution is -2.28. The van der Waals surface area contributed by atoms with Gasteiger partial charge in [-0.15, -0.1) is 11.3 Å². The Morgan fingerprint density at radius 2 is 2.00 bits per heavy atom. The predicted molar refractivity (Wildman–Crippen MR) is 123 cm³/mol. The van der Waals surface area contributed by atoms with Gasteiger partial charge in [-0.2, -0.15) is 5.10 Å². The number of aromatic nitrogens is 4. The molecule has 0 saturated carbocycles. The van der Waals surface area contributed by atoms with Crippen LogP contribution < -0.4 is 10.9 Å². The molecule has 0 unspecified atom stereocenters. The molecule has 0 radical (unpaired) electrons. The Bertz CT molecular complexity index is 1390. The number of nitrogens with one attached hydrogen (secondary N) is 1. The van der Waals surface area contributed by atoms with E-state index >= 15 is 0 Å². The van der Waals surface area contributed by atoms with Crippen LogP contribution in [0, 0.1) is 26.6 Å². The van der Waals surface area contributed by atoms with Gasteiger partial charge < -0.3 is 5.32 Å². The molecule has 0 saturated heterocycles. The lowest BCUT2D eigenvalue weighted by atomic mass is 10.1. The molecule has 4 aromatic rings. The molecule has 0 fully saturated rings. The topological polar surface area (TPSA) is 81.3 Å². The summed E-state index contributed by atoms with van der Waals surface area (Å²) in [7, 11) is 0. The molecule has 3 aromatic heterocycles. The number of halogens is 1. The number of nitrogens with zero attached hydrogens (tertiary/aromatic N) is 4. The molecule has 1 amide bonds. The molecule has 1 N–H and O–H groups in total. The Morgan fingerprint density at radius 3 is 2.75 bits per heavy atom. The number of carbonyl (C=O) groups excluding carboxylic acids is 1. The molecule has 3 heterocycles. The molecule has 9 heteroatoms. The lowest BCUT2D eigenvalue weighted by molar-refractivity contribution is -0.120. The second kappa shape index (κ2) is 8.66. The van der Waals surface area contributed by atoms with E-state index < -0.39 is 0 Å². The Balaban J connectivity index is 1.82. The predicted octanol–water partition coefficient (Wildman–Crippen LogP) is 3.74. The fourth-order valence-corrected chi connectivity index (χ4v) is 4.59. The summed E-state index contributed by atoms with van der Waals surface area (Å²) in [5, 5.41) is 9.24. The van der Waals surface area contributed by atoms with E-state index in [2.05, 4.69) is 15.4 Å². The first-order valence-electron chi connectivity index (χ1n) is 10.4. The van der Waals surface area contributed by atoms with E-state index in [1.807, 2.05) is 20.8 Å². The monoisotopic (exact) mass is 453 g/mol. The van der Waals surface area contributed by atoms with Gasteiger partial charge in [-0.1, -0.05) is 13.0 Å². The lowest BCUT2D eigenvalue weighted by Gasteiger charge is -2.08. The Hall–Kier alpha value is -3.33. The normalized spacial score (nSPS) is 11.3. The number of aryl methyl sites for hydroxylation is 3. The average Bonchev–Trinajstić information content (AvgIpc) is 3.31. The second-order valence-corrected chi connectivity index (χ2v) is 8.60. The van der Waals surface area contributed by atoms with Gasteiger partial charge in [-0.25, -0.2) is 14.1 Å². The highest BCUT2D eigenvalue weighted by atomic mass is 32.1. The minimum Gasteiger partial charge on any atom is -0.356 e. The highest BCUT2D eigenvalue weighted by Crippen LogP contribution is 2.25. The zero-order valence-electron chi connectivity index (χ0n) is 18.4. The quantitative estimate of drug-likeness (QED) is 0.482. The van der Waals surface area contributed by atoms with Crippen molar-refractivity contribution in [3.8, 4) is 16.9 Å². The number of hydrogen-bond acceptors (Lipinski definition) is 5. The molecule has 0 aliphatic carbocycles. The van der Waals surface area contributed by atoms with Crippen LogP contribution in [0.15, 0.2) is 34.4 Å². The molecule has 0 spiro atoms. The number of fused-ring (bicyclic) bond motifs is 1. The van der Waals surface area contributed by atoms with E-state index in [0.29, 0.717) is 39.8 Å². The van der Waals surface area contributed by atoms with E-state index in [9.17, 15) is 14.0 Å². The van der Waals surface area contributed by atoms with Crippen LogP contribution >= 0.6 is 11.3 Å². The first-order valence-corrected chi connectivity index (χ1v) is 11.3. The van der Waals surface area contributed by atoms with Crippen molar-refractivity contribution in [1.29, 1.82) is 0 Å². The van der Waals surface area contributed by atoms with E-state index in [1.165, 1.54) is 27.9 Å². The summed E-state index contributed by atoms with van der Waals surface area (Å²) in [4.78, 5) is 30.8. The Morgan fingerprint density at radius 1 is 1.22 bits per heavy atom. The number of hydrogen-bond donors (Lipinski definition) is 1. The third kappa shape index (κ3) is 3.95. The number of benzene rings is 1. The molecule has 1 aromatic carbocycles. The molecule has 4 rings (SSSR count). The second-order valence-electron chi connectivity index (χ2n) is 7.76. The van der Waals surface area contributed by atoms with Crippen molar-refractivity contribution in [1.82, 2.24) is 24.5 Å². The van der Waals surface area contributed by atoms with Gasteiger partial charge >= 0.3 is 0 Å². The minimum atomic E-state index is -0.356. The smallest absolute Gasteiger partial charge is 0.268 e. The molecule has 32 heavy (non-hydrogen) atoms. The zero-order chi connectivity index (χ0) is 23.0. The van der Waals surface area contributed by atoms with Crippen LogP contribution in [0.4, 0.5) is 4.39 Å². The summed E-state index contributed by atoms with van der Waals surface area (Å²) in [6, 6.07) is 6.32. The Labute approximate surface area is 188 Å². The number of carbonyl (C=O) groups is 1. The maximum atomic E-state index is 13.9. The van der Waals surface area contributed by atoms with Crippen LogP contribution in [0.3, 0.4) is 0 Å². The van der Waals surface area contributed by atoms with Crippen LogP contribution in [0.5, 0.6) is 0 Å². The van der Waals surface area contributed by atoms with Crippen LogP contribution in [-0.2, 0) is 11.2 Å². The molecular formula is C23H24FN5O2S. The SMILES string of the molecule is CCCNC(=O)Cc1csc2nc(C)c(-c3cc(C)n(-c4cc(F)ccc4C)n3)c(=O)n12. The van der Waals surface area contributed by atoms with E-state index in [0.717, 1.165) is 17.7 Å². The van der Waals surface area contributed by atoms with Crippen molar-refractivity contribution < 1.29 is 9.18 Å². The van der Waals surface area contributed by atoms with Crippen molar-refractivity contribution in [2.24, 2.45) is 0 Å². The minimum absolute atomic E-state index is 0.0973. The van der Waals surface area contributed by atoms with Crippen LogP contribution in [0.2, 0.25) is 0 Å². The van der Waals surface area contributed by atoms with E-state index in [4.69, 9.17) is 0 Å². The Kier molecular flexibility index (Phi) is 5.92. The van der Waals surface area contributed by atoms with Crippen molar-refractivity contribution in [2.75, 3.05) is 6.54 Å². The van der Waals surface area contributed by atoms with Crippen molar-refractivity contribution in [3.63, 3.8) is 0 Å². The van der Waals surface area contributed by atoms with Gasteiger partial charge in [0.25, 0.3) is 5.56 Å². The summed E-state index contributed by atoms with van der Waals surface area (Å²) in [6.45, 7) is 8.08. The van der Waals surface area contributed by atoms with Crippen molar-refractivity contribution in [3.05, 3.63) is 68.5 Å². The van der Waals surface area contributed by atoms with Gasteiger partial charge in [0.1, 0.15) is 11.5 Å². The van der Waals surface area contributed by atoms with Crippen molar-refractivity contribution in [2.45, 2.75) is 40.5 Å². The summed E-state index contributed by atoms with van der Waals surface area (Å²) < 4.78 is 17.0. The third-order valence-corrected chi connectivity index (χ3v) is 6.15. The van der Waals surface area contributed by atoms with E-state index in [1.54, 1.807) is 29.1 Å². The summed E-state index contributed by atoms with van der Waals surface area (Å²) in [6.07, 6.45) is 0.938. The largest absolute Gasteiger partial charge is 0.356 e. The van der Waals surface area contributed by atoms with Gasteiger partial charge in [-0.05, 0) is 51.0 Å². The zero-order valence-corrected chi connectivity index (χ0v) is 19.2. The fraction of sp³-hybridized carbons (Fsp3) is 0.304.